The molecule has 3 rings (SSSR count). The van der Waals surface area contributed by atoms with Crippen LogP contribution in [-0.2, 0) is 4.74 Å². The zero-order valence-electron chi connectivity index (χ0n) is 10.1. The van der Waals surface area contributed by atoms with Crippen LogP contribution in [0.4, 0.5) is 5.82 Å². The van der Waals surface area contributed by atoms with Gasteiger partial charge in [-0.2, -0.15) is 10.1 Å². The maximum absolute atomic E-state index is 5.67. The number of aromatic nitrogens is 4. The summed E-state index contributed by atoms with van der Waals surface area (Å²) in [6, 6.07) is 1.66. The smallest absolute Gasteiger partial charge is 0.276 e. The van der Waals surface area contributed by atoms with Crippen molar-refractivity contribution in [2.24, 2.45) is 5.92 Å². The standard InChI is InChI=1S/C11H15N5O2/c1-2-17-9(6-3-4-6)10-13-11(18-16-10)7-5-8(12)15-14-7/h5-6,9H,2-4H2,1H3,(H3,12,14,15). The molecule has 2 heterocycles. The number of hydrogen-bond donors (Lipinski definition) is 2. The van der Waals surface area contributed by atoms with Crippen LogP contribution in [0.15, 0.2) is 10.6 Å². The Bertz CT molecular complexity index is 531. The minimum absolute atomic E-state index is 0.0623. The lowest BCUT2D eigenvalue weighted by Gasteiger charge is -2.10. The molecule has 0 aliphatic heterocycles. The van der Waals surface area contributed by atoms with Crippen LogP contribution in [0.25, 0.3) is 11.6 Å². The minimum atomic E-state index is -0.0623. The first kappa shape index (κ1) is 11.2. The average molecular weight is 249 g/mol. The number of nitrogens with zero attached hydrogens (tertiary/aromatic N) is 3. The Morgan fingerprint density at radius 2 is 2.44 bits per heavy atom. The summed E-state index contributed by atoms with van der Waals surface area (Å²) in [5.74, 6) is 1.90. The van der Waals surface area contributed by atoms with Crippen molar-refractivity contribution in [1.29, 1.82) is 0 Å². The Labute approximate surface area is 104 Å². The monoisotopic (exact) mass is 249 g/mol. The summed E-state index contributed by atoms with van der Waals surface area (Å²) >= 11 is 0. The molecule has 2 aromatic heterocycles. The molecule has 18 heavy (non-hydrogen) atoms. The van der Waals surface area contributed by atoms with Gasteiger partial charge in [-0.15, -0.1) is 0 Å². The van der Waals surface area contributed by atoms with Crippen LogP contribution in [0.2, 0.25) is 0 Å². The quantitative estimate of drug-likeness (QED) is 0.832. The summed E-state index contributed by atoms with van der Waals surface area (Å²) in [6.07, 6.45) is 2.25. The molecular weight excluding hydrogens is 234 g/mol. The van der Waals surface area contributed by atoms with E-state index in [4.69, 9.17) is 15.0 Å². The first-order chi connectivity index (χ1) is 8.78. The molecule has 1 fully saturated rings. The number of aromatic amines is 1. The molecule has 0 aromatic carbocycles. The largest absolute Gasteiger partial charge is 0.382 e. The van der Waals surface area contributed by atoms with Crippen LogP contribution >= 0.6 is 0 Å². The maximum atomic E-state index is 5.67. The van der Waals surface area contributed by atoms with Crippen molar-refractivity contribution in [3.05, 3.63) is 11.9 Å². The Hall–Kier alpha value is -1.89. The zero-order valence-corrected chi connectivity index (χ0v) is 10.1. The molecule has 0 bridgehead atoms. The van der Waals surface area contributed by atoms with Crippen molar-refractivity contribution in [3.8, 4) is 11.6 Å². The summed E-state index contributed by atoms with van der Waals surface area (Å²) in [4.78, 5) is 4.34. The second-order valence-corrected chi connectivity index (χ2v) is 4.38. The molecule has 2 aromatic rings. The normalized spacial score (nSPS) is 16.9. The molecule has 7 heteroatoms. The van der Waals surface area contributed by atoms with E-state index in [1.54, 1.807) is 6.07 Å². The predicted octanol–water partition coefficient (Wildman–Crippen LogP) is 1.53. The Morgan fingerprint density at radius 3 is 3.06 bits per heavy atom. The van der Waals surface area contributed by atoms with Gasteiger partial charge in [0.25, 0.3) is 5.89 Å². The van der Waals surface area contributed by atoms with Gasteiger partial charge in [0.1, 0.15) is 17.6 Å². The Kier molecular flexibility index (Phi) is 2.75. The van der Waals surface area contributed by atoms with Gasteiger partial charge in [-0.05, 0) is 25.7 Å². The van der Waals surface area contributed by atoms with Crippen LogP contribution in [0.5, 0.6) is 0 Å². The third kappa shape index (κ3) is 2.08. The van der Waals surface area contributed by atoms with Crippen LogP contribution in [-0.4, -0.2) is 26.9 Å². The third-order valence-corrected chi connectivity index (χ3v) is 2.92. The Balaban J connectivity index is 1.83. The second kappa shape index (κ2) is 4.41. The molecule has 96 valence electrons. The first-order valence-electron chi connectivity index (χ1n) is 6.04. The van der Waals surface area contributed by atoms with Crippen molar-refractivity contribution in [3.63, 3.8) is 0 Å². The Morgan fingerprint density at radius 1 is 1.61 bits per heavy atom. The molecule has 0 spiro atoms. The lowest BCUT2D eigenvalue weighted by molar-refractivity contribution is 0.0385. The number of rotatable bonds is 5. The predicted molar refractivity (Wildman–Crippen MR) is 63.4 cm³/mol. The van der Waals surface area contributed by atoms with Gasteiger partial charge < -0.3 is 15.0 Å². The van der Waals surface area contributed by atoms with Gasteiger partial charge >= 0.3 is 0 Å². The highest BCUT2D eigenvalue weighted by molar-refractivity contribution is 5.51. The molecule has 7 nitrogen and oxygen atoms in total. The van der Waals surface area contributed by atoms with Crippen LogP contribution in [0.3, 0.4) is 0 Å². The molecule has 0 radical (unpaired) electrons. The summed E-state index contributed by atoms with van der Waals surface area (Å²) in [5, 5.41) is 10.5. The molecule has 1 saturated carbocycles. The van der Waals surface area contributed by atoms with Crippen molar-refractivity contribution < 1.29 is 9.26 Å². The van der Waals surface area contributed by atoms with Gasteiger partial charge in [-0.1, -0.05) is 5.16 Å². The molecule has 0 amide bonds. The fraction of sp³-hybridized carbons (Fsp3) is 0.545. The van der Waals surface area contributed by atoms with E-state index in [1.807, 2.05) is 6.92 Å². The van der Waals surface area contributed by atoms with Crippen molar-refractivity contribution >= 4 is 5.82 Å². The SMILES string of the molecule is CCOC(c1noc(-c2cc(N)n[nH]2)n1)C1CC1. The van der Waals surface area contributed by atoms with E-state index in [1.165, 1.54) is 0 Å². The van der Waals surface area contributed by atoms with E-state index in [0.29, 0.717) is 35.8 Å². The summed E-state index contributed by atoms with van der Waals surface area (Å²) < 4.78 is 10.9. The molecular formula is C11H15N5O2. The number of H-pyrrole nitrogens is 1. The van der Waals surface area contributed by atoms with E-state index in [2.05, 4.69) is 20.3 Å². The summed E-state index contributed by atoms with van der Waals surface area (Å²) in [6.45, 7) is 2.61. The number of hydrogen-bond acceptors (Lipinski definition) is 6. The molecule has 1 unspecified atom stereocenters. The second-order valence-electron chi connectivity index (χ2n) is 4.38. The summed E-state index contributed by atoms with van der Waals surface area (Å²) in [5.41, 5.74) is 6.15. The molecule has 1 atom stereocenters. The zero-order chi connectivity index (χ0) is 12.5. The number of nitrogens with one attached hydrogen (secondary N) is 1. The van der Waals surface area contributed by atoms with Crippen molar-refractivity contribution in [1.82, 2.24) is 20.3 Å². The average Bonchev–Trinajstić information content (AvgIpc) is 2.91. The van der Waals surface area contributed by atoms with E-state index in [9.17, 15) is 0 Å². The molecule has 1 aliphatic rings. The lowest BCUT2D eigenvalue weighted by atomic mass is 10.2. The molecule has 3 N–H and O–H groups in total. The van der Waals surface area contributed by atoms with E-state index >= 15 is 0 Å². The van der Waals surface area contributed by atoms with Gasteiger partial charge in [0.15, 0.2) is 0 Å². The van der Waals surface area contributed by atoms with Gasteiger partial charge in [0.2, 0.25) is 5.82 Å². The highest BCUT2D eigenvalue weighted by Crippen LogP contribution is 2.42. The number of ether oxygens (including phenoxy) is 1. The number of nitrogens with two attached hydrogens (primary N) is 1. The van der Waals surface area contributed by atoms with Gasteiger partial charge in [-0.25, -0.2) is 0 Å². The highest BCUT2D eigenvalue weighted by atomic mass is 16.5. The van der Waals surface area contributed by atoms with E-state index < -0.39 is 0 Å². The fourth-order valence-electron chi connectivity index (χ4n) is 1.91. The lowest BCUT2D eigenvalue weighted by Crippen LogP contribution is -2.08. The van der Waals surface area contributed by atoms with Gasteiger partial charge in [0.05, 0.1) is 0 Å². The summed E-state index contributed by atoms with van der Waals surface area (Å²) in [7, 11) is 0. The highest BCUT2D eigenvalue weighted by Gasteiger charge is 2.36. The van der Waals surface area contributed by atoms with Gasteiger partial charge in [-0.3, -0.25) is 5.10 Å². The van der Waals surface area contributed by atoms with E-state index in [-0.39, 0.29) is 6.10 Å². The fourth-order valence-corrected chi connectivity index (χ4v) is 1.91. The van der Waals surface area contributed by atoms with E-state index in [0.717, 1.165) is 12.8 Å². The molecule has 1 aliphatic carbocycles. The van der Waals surface area contributed by atoms with Gasteiger partial charge in [0, 0.05) is 12.7 Å². The third-order valence-electron chi connectivity index (χ3n) is 2.92. The molecule has 0 saturated heterocycles. The maximum Gasteiger partial charge on any atom is 0.276 e. The number of anilines is 1. The van der Waals surface area contributed by atoms with Crippen molar-refractivity contribution in [2.45, 2.75) is 25.9 Å². The topological polar surface area (TPSA) is 103 Å². The van der Waals surface area contributed by atoms with Crippen LogP contribution in [0.1, 0.15) is 31.7 Å². The van der Waals surface area contributed by atoms with Crippen LogP contribution in [0, 0.1) is 5.92 Å². The van der Waals surface area contributed by atoms with Crippen molar-refractivity contribution in [2.75, 3.05) is 12.3 Å². The number of nitrogen functional groups attached to an aromatic ring is 1. The van der Waals surface area contributed by atoms with Crippen LogP contribution < -0.4 is 5.73 Å². The first-order valence-corrected chi connectivity index (χ1v) is 6.04. The minimum Gasteiger partial charge on any atom is -0.382 e.